The standard InChI is InChI=1S/C18H24ClNO3/c19-17-4-2-1-3-16(17)11-14-12-20(7-10-23-13-14)18(21)15-5-8-22-9-6-15/h1-4,14-15H,5-13H2/t14-/m0/s1. The van der Waals surface area contributed by atoms with Crippen molar-refractivity contribution in [3.63, 3.8) is 0 Å². The lowest BCUT2D eigenvalue weighted by Crippen LogP contribution is -2.41. The number of hydrogen-bond donors (Lipinski definition) is 0. The molecule has 2 heterocycles. The van der Waals surface area contributed by atoms with Crippen LogP contribution in [0.15, 0.2) is 24.3 Å². The Morgan fingerprint density at radius 2 is 1.96 bits per heavy atom. The zero-order chi connectivity index (χ0) is 16.1. The van der Waals surface area contributed by atoms with E-state index in [1.165, 1.54) is 0 Å². The van der Waals surface area contributed by atoms with E-state index in [0.29, 0.717) is 38.9 Å². The molecule has 0 saturated carbocycles. The number of ether oxygens (including phenoxy) is 2. The molecule has 4 nitrogen and oxygen atoms in total. The van der Waals surface area contributed by atoms with Gasteiger partial charge in [0.25, 0.3) is 0 Å². The number of amides is 1. The number of rotatable bonds is 3. The van der Waals surface area contributed by atoms with Crippen molar-refractivity contribution in [1.29, 1.82) is 0 Å². The number of carbonyl (C=O) groups excluding carboxylic acids is 1. The first-order valence-corrected chi connectivity index (χ1v) is 8.79. The van der Waals surface area contributed by atoms with E-state index in [-0.39, 0.29) is 11.8 Å². The van der Waals surface area contributed by atoms with Gasteiger partial charge in [0.05, 0.1) is 13.2 Å². The first-order chi connectivity index (χ1) is 11.2. The van der Waals surface area contributed by atoms with Gasteiger partial charge in [-0.25, -0.2) is 0 Å². The van der Waals surface area contributed by atoms with Crippen molar-refractivity contribution in [2.24, 2.45) is 11.8 Å². The van der Waals surface area contributed by atoms with Gasteiger partial charge in [0.2, 0.25) is 5.91 Å². The molecule has 0 aromatic heterocycles. The molecule has 3 rings (SSSR count). The predicted molar refractivity (Wildman–Crippen MR) is 89.6 cm³/mol. The van der Waals surface area contributed by atoms with Crippen LogP contribution in [0.1, 0.15) is 18.4 Å². The van der Waals surface area contributed by atoms with Crippen LogP contribution in [0.3, 0.4) is 0 Å². The Labute approximate surface area is 142 Å². The molecule has 1 aromatic carbocycles. The minimum atomic E-state index is 0.114. The maximum absolute atomic E-state index is 12.8. The van der Waals surface area contributed by atoms with E-state index in [1.807, 2.05) is 23.1 Å². The summed E-state index contributed by atoms with van der Waals surface area (Å²) < 4.78 is 11.1. The van der Waals surface area contributed by atoms with Crippen LogP contribution in [0.25, 0.3) is 0 Å². The van der Waals surface area contributed by atoms with Crippen LogP contribution in [0.2, 0.25) is 5.02 Å². The van der Waals surface area contributed by atoms with E-state index in [1.54, 1.807) is 0 Å². The first kappa shape index (κ1) is 16.7. The summed E-state index contributed by atoms with van der Waals surface area (Å²) in [7, 11) is 0. The molecule has 0 N–H and O–H groups in total. The fraction of sp³-hybridized carbons (Fsp3) is 0.611. The molecule has 1 amide bonds. The van der Waals surface area contributed by atoms with E-state index >= 15 is 0 Å². The highest BCUT2D eigenvalue weighted by atomic mass is 35.5. The molecule has 0 bridgehead atoms. The number of nitrogens with zero attached hydrogens (tertiary/aromatic N) is 1. The second-order valence-corrected chi connectivity index (χ2v) is 6.81. The second kappa shape index (κ2) is 8.13. The molecule has 2 aliphatic heterocycles. The van der Waals surface area contributed by atoms with Gasteiger partial charge in [-0.3, -0.25) is 4.79 Å². The maximum Gasteiger partial charge on any atom is 0.225 e. The lowest BCUT2D eigenvalue weighted by atomic mass is 9.96. The Balaban J connectivity index is 1.63. The Bertz CT molecular complexity index is 531. The first-order valence-electron chi connectivity index (χ1n) is 8.41. The van der Waals surface area contributed by atoms with Crippen molar-refractivity contribution < 1.29 is 14.3 Å². The molecule has 5 heteroatoms. The molecule has 126 valence electrons. The van der Waals surface area contributed by atoms with E-state index in [9.17, 15) is 4.79 Å². The van der Waals surface area contributed by atoms with Crippen molar-refractivity contribution in [3.05, 3.63) is 34.9 Å². The average molecular weight is 338 g/mol. The molecule has 0 aliphatic carbocycles. The van der Waals surface area contributed by atoms with E-state index < -0.39 is 0 Å². The molecule has 1 atom stereocenters. The van der Waals surface area contributed by atoms with Gasteiger partial charge < -0.3 is 14.4 Å². The molecule has 0 spiro atoms. The van der Waals surface area contributed by atoms with Crippen LogP contribution in [0.5, 0.6) is 0 Å². The summed E-state index contributed by atoms with van der Waals surface area (Å²) in [5.74, 6) is 0.673. The SMILES string of the molecule is O=C(C1CCOCC1)N1CCOC[C@@H](Cc2ccccc2Cl)C1. The zero-order valence-corrected chi connectivity index (χ0v) is 14.1. The smallest absolute Gasteiger partial charge is 0.225 e. The van der Waals surface area contributed by atoms with Gasteiger partial charge in [0, 0.05) is 43.2 Å². The van der Waals surface area contributed by atoms with Crippen LogP contribution < -0.4 is 0 Å². The summed E-state index contributed by atoms with van der Waals surface area (Å²) in [5.41, 5.74) is 1.13. The Kier molecular flexibility index (Phi) is 5.92. The third-order valence-corrected chi connectivity index (χ3v) is 5.06. The molecule has 0 unspecified atom stereocenters. The summed E-state index contributed by atoms with van der Waals surface area (Å²) in [5, 5.41) is 0.791. The minimum absolute atomic E-state index is 0.114. The third kappa shape index (κ3) is 4.46. The topological polar surface area (TPSA) is 38.8 Å². The maximum atomic E-state index is 12.8. The highest BCUT2D eigenvalue weighted by molar-refractivity contribution is 6.31. The van der Waals surface area contributed by atoms with Crippen molar-refractivity contribution in [3.8, 4) is 0 Å². The van der Waals surface area contributed by atoms with Crippen molar-refractivity contribution in [2.45, 2.75) is 19.3 Å². The van der Waals surface area contributed by atoms with E-state index in [4.69, 9.17) is 21.1 Å². The van der Waals surface area contributed by atoms with Gasteiger partial charge in [-0.15, -0.1) is 0 Å². The highest BCUT2D eigenvalue weighted by Gasteiger charge is 2.29. The van der Waals surface area contributed by atoms with Crippen LogP contribution in [0, 0.1) is 11.8 Å². The molecule has 2 fully saturated rings. The van der Waals surface area contributed by atoms with Crippen molar-refractivity contribution in [2.75, 3.05) is 39.5 Å². The van der Waals surface area contributed by atoms with Crippen LogP contribution in [0.4, 0.5) is 0 Å². The number of benzene rings is 1. The van der Waals surface area contributed by atoms with Gasteiger partial charge in [0.15, 0.2) is 0 Å². The van der Waals surface area contributed by atoms with Gasteiger partial charge in [0.1, 0.15) is 0 Å². The van der Waals surface area contributed by atoms with E-state index in [0.717, 1.165) is 36.4 Å². The lowest BCUT2D eigenvalue weighted by Gasteiger charge is -2.30. The van der Waals surface area contributed by atoms with Gasteiger partial charge in [-0.2, -0.15) is 0 Å². The number of halogens is 1. The van der Waals surface area contributed by atoms with Crippen LogP contribution in [-0.4, -0.2) is 50.3 Å². The van der Waals surface area contributed by atoms with Gasteiger partial charge in [-0.1, -0.05) is 29.8 Å². The molecular formula is C18H24ClNO3. The zero-order valence-electron chi connectivity index (χ0n) is 13.4. The Morgan fingerprint density at radius 1 is 1.17 bits per heavy atom. The molecule has 23 heavy (non-hydrogen) atoms. The quantitative estimate of drug-likeness (QED) is 0.851. The van der Waals surface area contributed by atoms with Crippen molar-refractivity contribution in [1.82, 2.24) is 4.90 Å². The second-order valence-electron chi connectivity index (χ2n) is 6.41. The highest BCUT2D eigenvalue weighted by Crippen LogP contribution is 2.23. The molecule has 2 aliphatic rings. The summed E-state index contributed by atoms with van der Waals surface area (Å²) in [6.07, 6.45) is 2.52. The molecule has 1 aromatic rings. The number of carbonyl (C=O) groups is 1. The van der Waals surface area contributed by atoms with Crippen LogP contribution >= 0.6 is 11.6 Å². The average Bonchev–Trinajstić information content (AvgIpc) is 2.83. The molecular weight excluding hydrogens is 314 g/mol. The fourth-order valence-electron chi connectivity index (χ4n) is 3.38. The molecule has 2 saturated heterocycles. The number of hydrogen-bond acceptors (Lipinski definition) is 3. The fourth-order valence-corrected chi connectivity index (χ4v) is 3.59. The lowest BCUT2D eigenvalue weighted by molar-refractivity contribution is -0.138. The monoisotopic (exact) mass is 337 g/mol. The predicted octanol–water partition coefficient (Wildman–Crippen LogP) is 2.78. The summed E-state index contributed by atoms with van der Waals surface area (Å²) in [6.45, 7) is 4.14. The van der Waals surface area contributed by atoms with E-state index in [2.05, 4.69) is 6.07 Å². The van der Waals surface area contributed by atoms with Gasteiger partial charge >= 0.3 is 0 Å². The van der Waals surface area contributed by atoms with Crippen LogP contribution in [-0.2, 0) is 20.7 Å². The largest absolute Gasteiger partial charge is 0.381 e. The minimum Gasteiger partial charge on any atom is -0.381 e. The Hall–Kier alpha value is -1.10. The van der Waals surface area contributed by atoms with Crippen molar-refractivity contribution >= 4 is 17.5 Å². The third-order valence-electron chi connectivity index (χ3n) is 4.69. The summed E-state index contributed by atoms with van der Waals surface area (Å²) in [4.78, 5) is 14.8. The molecule has 0 radical (unpaired) electrons. The summed E-state index contributed by atoms with van der Waals surface area (Å²) in [6, 6.07) is 7.91. The Morgan fingerprint density at radius 3 is 2.74 bits per heavy atom. The van der Waals surface area contributed by atoms with Gasteiger partial charge in [-0.05, 0) is 30.9 Å². The normalized spacial score (nSPS) is 23.5. The summed E-state index contributed by atoms with van der Waals surface area (Å²) >= 11 is 6.27.